The van der Waals surface area contributed by atoms with Crippen LogP contribution in [0.4, 0.5) is 5.69 Å². The molecule has 1 aromatic carbocycles. The van der Waals surface area contributed by atoms with Gasteiger partial charge in [0, 0.05) is 30.9 Å². The zero-order chi connectivity index (χ0) is 14.1. The van der Waals surface area contributed by atoms with E-state index in [4.69, 9.17) is 5.73 Å². The third-order valence-electron chi connectivity index (χ3n) is 4.84. The first-order valence-corrected chi connectivity index (χ1v) is 7.47. The lowest BCUT2D eigenvalue weighted by molar-refractivity contribution is -0.130. The minimum atomic E-state index is 0. The fourth-order valence-corrected chi connectivity index (χ4v) is 3.46. The molecule has 2 fully saturated rings. The van der Waals surface area contributed by atoms with E-state index in [0.29, 0.717) is 18.5 Å². The van der Waals surface area contributed by atoms with Gasteiger partial charge in [-0.3, -0.25) is 9.69 Å². The van der Waals surface area contributed by atoms with Crippen LogP contribution in [0.5, 0.6) is 0 Å². The Morgan fingerprint density at radius 3 is 2.57 bits per heavy atom. The van der Waals surface area contributed by atoms with Crippen molar-refractivity contribution in [2.75, 3.05) is 25.9 Å². The van der Waals surface area contributed by atoms with E-state index in [1.54, 1.807) is 0 Å². The molecular formula is C16H24ClN3O. The average molecular weight is 310 g/mol. The summed E-state index contributed by atoms with van der Waals surface area (Å²) in [7, 11) is 2.20. The number of benzene rings is 1. The number of carbonyl (C=O) groups excluding carboxylic acids is 1. The largest absolute Gasteiger partial charge is 0.399 e. The van der Waals surface area contributed by atoms with Crippen molar-refractivity contribution in [3.05, 3.63) is 29.8 Å². The number of likely N-dealkylation sites (N-methyl/N-ethyl adjacent to an activating group) is 1. The number of nitrogens with zero attached hydrogens (tertiary/aromatic N) is 2. The molecule has 4 nitrogen and oxygen atoms in total. The van der Waals surface area contributed by atoms with Gasteiger partial charge in [0.2, 0.25) is 5.91 Å². The van der Waals surface area contributed by atoms with E-state index in [9.17, 15) is 4.79 Å². The molecule has 3 rings (SSSR count). The Morgan fingerprint density at radius 1 is 1.19 bits per heavy atom. The lowest BCUT2D eigenvalue weighted by Gasteiger charge is -2.26. The number of carbonyl (C=O) groups is 1. The van der Waals surface area contributed by atoms with Gasteiger partial charge >= 0.3 is 0 Å². The highest BCUT2D eigenvalue weighted by atomic mass is 35.5. The van der Waals surface area contributed by atoms with Crippen molar-refractivity contribution in [1.82, 2.24) is 9.80 Å². The number of fused-ring (bicyclic) bond motifs is 2. The lowest BCUT2D eigenvalue weighted by Crippen LogP contribution is -2.40. The molecule has 116 valence electrons. The number of likely N-dealkylation sites (tertiary alicyclic amines) is 1. The molecule has 2 bridgehead atoms. The highest BCUT2D eigenvalue weighted by molar-refractivity contribution is 5.85. The first-order chi connectivity index (χ1) is 9.63. The molecule has 0 saturated carbocycles. The van der Waals surface area contributed by atoms with E-state index in [-0.39, 0.29) is 18.3 Å². The molecule has 5 heteroatoms. The Balaban J connectivity index is 0.00000161. The molecule has 2 unspecified atom stereocenters. The summed E-state index contributed by atoms with van der Waals surface area (Å²) in [6, 6.07) is 8.85. The number of anilines is 1. The standard InChI is InChI=1S/C16H23N3O.ClH/c1-18-14-6-7-15(18)11-19(9-8-14)16(20)10-12-2-4-13(17)5-3-12;/h2-5,14-15H,6-11,17H2,1H3;1H. The van der Waals surface area contributed by atoms with Gasteiger partial charge in [-0.1, -0.05) is 12.1 Å². The molecule has 2 aliphatic heterocycles. The Kier molecular flexibility index (Phi) is 5.12. The maximum atomic E-state index is 12.5. The van der Waals surface area contributed by atoms with Crippen LogP contribution in [-0.4, -0.2) is 47.9 Å². The third-order valence-corrected chi connectivity index (χ3v) is 4.84. The number of nitrogens with two attached hydrogens (primary N) is 1. The average Bonchev–Trinajstić information content (AvgIpc) is 2.66. The van der Waals surface area contributed by atoms with Gasteiger partial charge in [0.05, 0.1) is 6.42 Å². The monoisotopic (exact) mass is 309 g/mol. The number of nitrogen functional groups attached to an aromatic ring is 1. The predicted molar refractivity (Wildman–Crippen MR) is 87.6 cm³/mol. The van der Waals surface area contributed by atoms with Gasteiger partial charge in [-0.25, -0.2) is 0 Å². The summed E-state index contributed by atoms with van der Waals surface area (Å²) in [4.78, 5) is 17.0. The van der Waals surface area contributed by atoms with Gasteiger partial charge in [-0.05, 0) is 44.0 Å². The highest BCUT2D eigenvalue weighted by Crippen LogP contribution is 2.28. The van der Waals surface area contributed by atoms with Crippen LogP contribution in [0.25, 0.3) is 0 Å². The molecule has 2 saturated heterocycles. The predicted octanol–water partition coefficient (Wildman–Crippen LogP) is 1.93. The van der Waals surface area contributed by atoms with Crippen molar-refractivity contribution in [2.24, 2.45) is 0 Å². The van der Waals surface area contributed by atoms with E-state index >= 15 is 0 Å². The Bertz CT molecular complexity index is 491. The molecule has 2 heterocycles. The minimum Gasteiger partial charge on any atom is -0.399 e. The second-order valence-electron chi connectivity index (χ2n) is 6.10. The fraction of sp³-hybridized carbons (Fsp3) is 0.562. The second kappa shape index (κ2) is 6.67. The molecule has 2 atom stereocenters. The number of amides is 1. The van der Waals surface area contributed by atoms with Gasteiger partial charge in [0.15, 0.2) is 0 Å². The first kappa shape index (κ1) is 16.1. The van der Waals surface area contributed by atoms with Gasteiger partial charge in [-0.2, -0.15) is 0 Å². The fourth-order valence-electron chi connectivity index (χ4n) is 3.46. The Hall–Kier alpha value is -1.26. The molecule has 1 amide bonds. The first-order valence-electron chi connectivity index (χ1n) is 7.47. The summed E-state index contributed by atoms with van der Waals surface area (Å²) >= 11 is 0. The minimum absolute atomic E-state index is 0. The molecule has 2 N–H and O–H groups in total. The molecule has 21 heavy (non-hydrogen) atoms. The van der Waals surface area contributed by atoms with Gasteiger partial charge in [0.25, 0.3) is 0 Å². The summed E-state index contributed by atoms with van der Waals surface area (Å²) in [5.41, 5.74) is 7.47. The lowest BCUT2D eigenvalue weighted by atomic mass is 10.1. The quantitative estimate of drug-likeness (QED) is 0.849. The second-order valence-corrected chi connectivity index (χ2v) is 6.10. The van der Waals surface area contributed by atoms with Crippen LogP contribution in [0.1, 0.15) is 24.8 Å². The maximum absolute atomic E-state index is 12.5. The van der Waals surface area contributed by atoms with Crippen molar-refractivity contribution in [3.63, 3.8) is 0 Å². The van der Waals surface area contributed by atoms with Crippen LogP contribution in [0.15, 0.2) is 24.3 Å². The summed E-state index contributed by atoms with van der Waals surface area (Å²) in [5.74, 6) is 0.246. The number of hydrogen-bond donors (Lipinski definition) is 1. The van der Waals surface area contributed by atoms with E-state index in [2.05, 4.69) is 16.8 Å². The molecule has 0 aromatic heterocycles. The van der Waals surface area contributed by atoms with Crippen LogP contribution in [-0.2, 0) is 11.2 Å². The van der Waals surface area contributed by atoms with E-state index < -0.39 is 0 Å². The molecular weight excluding hydrogens is 286 g/mol. The summed E-state index contributed by atoms with van der Waals surface area (Å²) in [6.07, 6.45) is 4.12. The van der Waals surface area contributed by atoms with E-state index in [1.807, 2.05) is 24.3 Å². The van der Waals surface area contributed by atoms with E-state index in [0.717, 1.165) is 30.8 Å². The zero-order valence-corrected chi connectivity index (χ0v) is 13.3. The zero-order valence-electron chi connectivity index (χ0n) is 12.5. The van der Waals surface area contributed by atoms with Crippen molar-refractivity contribution in [1.29, 1.82) is 0 Å². The molecule has 0 aliphatic carbocycles. The summed E-state index contributed by atoms with van der Waals surface area (Å²) in [6.45, 7) is 1.79. The number of halogens is 1. The highest BCUT2D eigenvalue weighted by Gasteiger charge is 2.35. The van der Waals surface area contributed by atoms with Gasteiger partial charge in [0.1, 0.15) is 0 Å². The topological polar surface area (TPSA) is 49.6 Å². The van der Waals surface area contributed by atoms with Crippen LogP contribution >= 0.6 is 12.4 Å². The van der Waals surface area contributed by atoms with Gasteiger partial charge < -0.3 is 10.6 Å². The van der Waals surface area contributed by atoms with Crippen LogP contribution in [0.3, 0.4) is 0 Å². The van der Waals surface area contributed by atoms with Gasteiger partial charge in [-0.15, -0.1) is 12.4 Å². The summed E-state index contributed by atoms with van der Waals surface area (Å²) < 4.78 is 0. The Labute approximate surface area is 132 Å². The van der Waals surface area contributed by atoms with Crippen molar-refractivity contribution in [2.45, 2.75) is 37.8 Å². The van der Waals surface area contributed by atoms with Crippen molar-refractivity contribution in [3.8, 4) is 0 Å². The molecule has 0 radical (unpaired) electrons. The van der Waals surface area contributed by atoms with Crippen LogP contribution in [0, 0.1) is 0 Å². The maximum Gasteiger partial charge on any atom is 0.227 e. The molecule has 1 aromatic rings. The van der Waals surface area contributed by atoms with Crippen molar-refractivity contribution >= 4 is 24.0 Å². The summed E-state index contributed by atoms with van der Waals surface area (Å²) in [5, 5.41) is 0. The molecule has 2 aliphatic rings. The SMILES string of the molecule is CN1C2CCC1CN(C(=O)Cc1ccc(N)cc1)CC2.Cl. The smallest absolute Gasteiger partial charge is 0.227 e. The number of rotatable bonds is 2. The van der Waals surface area contributed by atoms with E-state index in [1.165, 1.54) is 12.8 Å². The number of hydrogen-bond acceptors (Lipinski definition) is 3. The Morgan fingerprint density at radius 2 is 1.86 bits per heavy atom. The normalized spacial score (nSPS) is 25.3. The van der Waals surface area contributed by atoms with Crippen molar-refractivity contribution < 1.29 is 4.79 Å². The van der Waals surface area contributed by atoms with Crippen LogP contribution in [0.2, 0.25) is 0 Å². The third kappa shape index (κ3) is 3.50. The van der Waals surface area contributed by atoms with Crippen LogP contribution < -0.4 is 5.73 Å². The molecule has 0 spiro atoms.